The Labute approximate surface area is 214 Å². The SMILES string of the molecule is CC(C)Oc1ccc(Sc2nc(N)nc3c2ncn3CC(C)OCP(CC(F)(F)F)CC(F)(F)F)cc1. The van der Waals surface area contributed by atoms with E-state index < -0.39 is 45.0 Å². The molecular formula is C22H26F6N5O2PS. The zero-order valence-corrected chi connectivity index (χ0v) is 21.9. The molecule has 2 heterocycles. The van der Waals surface area contributed by atoms with E-state index in [2.05, 4.69) is 15.0 Å². The molecule has 3 aromatic rings. The number of imidazole rings is 1. The molecule has 2 N–H and O–H groups in total. The lowest BCUT2D eigenvalue weighted by molar-refractivity contribution is -0.112. The summed E-state index contributed by atoms with van der Waals surface area (Å²) in [6.07, 6.45) is -12.3. The maximum atomic E-state index is 12.7. The zero-order chi connectivity index (χ0) is 27.4. The van der Waals surface area contributed by atoms with Crippen molar-refractivity contribution in [1.29, 1.82) is 0 Å². The van der Waals surface area contributed by atoms with Gasteiger partial charge in [-0.3, -0.25) is 0 Å². The number of nitrogens with zero attached hydrogens (tertiary/aromatic N) is 4. The van der Waals surface area contributed by atoms with Crippen LogP contribution in [0.2, 0.25) is 0 Å². The molecule has 0 saturated heterocycles. The summed E-state index contributed by atoms with van der Waals surface area (Å²) >= 11 is 1.31. The summed E-state index contributed by atoms with van der Waals surface area (Å²) < 4.78 is 89.0. The van der Waals surface area contributed by atoms with Gasteiger partial charge in [0, 0.05) is 4.90 Å². The summed E-state index contributed by atoms with van der Waals surface area (Å²) in [5, 5.41) is 0.492. The minimum absolute atomic E-state index is 0.0102. The van der Waals surface area contributed by atoms with Crippen LogP contribution in [0.25, 0.3) is 11.2 Å². The molecular weight excluding hydrogens is 543 g/mol. The molecule has 0 fully saturated rings. The summed E-state index contributed by atoms with van der Waals surface area (Å²) in [6, 6.07) is 7.38. The lowest BCUT2D eigenvalue weighted by Crippen LogP contribution is -2.24. The second-order valence-corrected chi connectivity index (χ2v) is 11.8. The molecule has 204 valence electrons. The van der Waals surface area contributed by atoms with Crippen LogP contribution in [0.3, 0.4) is 0 Å². The van der Waals surface area contributed by atoms with Crippen LogP contribution < -0.4 is 10.5 Å². The van der Waals surface area contributed by atoms with Crippen molar-refractivity contribution in [3.63, 3.8) is 0 Å². The number of halogens is 6. The third-order valence-electron chi connectivity index (χ3n) is 4.66. The molecule has 0 radical (unpaired) electrons. The van der Waals surface area contributed by atoms with E-state index >= 15 is 0 Å². The predicted octanol–water partition coefficient (Wildman–Crippen LogP) is 6.32. The van der Waals surface area contributed by atoms with Crippen molar-refractivity contribution < 1.29 is 35.8 Å². The van der Waals surface area contributed by atoms with E-state index in [0.29, 0.717) is 16.2 Å². The second kappa shape index (κ2) is 12.0. The van der Waals surface area contributed by atoms with Gasteiger partial charge >= 0.3 is 12.4 Å². The number of hydrogen-bond acceptors (Lipinski definition) is 7. The van der Waals surface area contributed by atoms with Crippen molar-refractivity contribution in [1.82, 2.24) is 19.5 Å². The van der Waals surface area contributed by atoms with Crippen molar-refractivity contribution in [2.24, 2.45) is 0 Å². The van der Waals surface area contributed by atoms with Crippen molar-refractivity contribution in [2.45, 2.75) is 61.8 Å². The summed E-state index contributed by atoms with van der Waals surface area (Å²) in [5.74, 6) is 0.711. The highest BCUT2D eigenvalue weighted by Gasteiger charge is 2.38. The monoisotopic (exact) mass is 569 g/mol. The molecule has 0 amide bonds. The fraction of sp³-hybridized carbons (Fsp3) is 0.500. The van der Waals surface area contributed by atoms with E-state index in [1.165, 1.54) is 18.1 Å². The van der Waals surface area contributed by atoms with Gasteiger partial charge in [-0.15, -0.1) is 0 Å². The largest absolute Gasteiger partial charge is 0.491 e. The van der Waals surface area contributed by atoms with Gasteiger partial charge in [0.25, 0.3) is 0 Å². The lowest BCUT2D eigenvalue weighted by Gasteiger charge is -2.23. The summed E-state index contributed by atoms with van der Waals surface area (Å²) in [7, 11) is -2.47. The third kappa shape index (κ3) is 9.50. The zero-order valence-electron chi connectivity index (χ0n) is 20.2. The van der Waals surface area contributed by atoms with Crippen LogP contribution >= 0.6 is 19.7 Å². The van der Waals surface area contributed by atoms with E-state index in [0.717, 1.165) is 10.6 Å². The molecule has 0 aliphatic rings. The van der Waals surface area contributed by atoms with E-state index in [4.69, 9.17) is 15.2 Å². The van der Waals surface area contributed by atoms with Gasteiger partial charge in [0.2, 0.25) is 5.95 Å². The van der Waals surface area contributed by atoms with Gasteiger partial charge in [0.05, 0.1) is 43.8 Å². The maximum Gasteiger partial charge on any atom is 0.392 e. The minimum Gasteiger partial charge on any atom is -0.491 e. The van der Waals surface area contributed by atoms with Gasteiger partial charge in [-0.25, -0.2) is 9.97 Å². The summed E-state index contributed by atoms with van der Waals surface area (Å²) in [6.45, 7) is 5.51. The first kappa shape index (κ1) is 29.2. The molecule has 1 unspecified atom stereocenters. The van der Waals surface area contributed by atoms with Gasteiger partial charge in [0.1, 0.15) is 16.3 Å². The Bertz CT molecular complexity index is 1160. The molecule has 0 saturated carbocycles. The maximum absolute atomic E-state index is 12.7. The van der Waals surface area contributed by atoms with E-state index in [1.54, 1.807) is 11.5 Å². The van der Waals surface area contributed by atoms with Gasteiger partial charge in [-0.2, -0.15) is 31.3 Å². The average molecular weight is 570 g/mol. The Hall–Kier alpha value is -2.31. The topological polar surface area (TPSA) is 88.1 Å². The van der Waals surface area contributed by atoms with Gasteiger partial charge in [-0.1, -0.05) is 19.7 Å². The first-order valence-electron chi connectivity index (χ1n) is 11.1. The number of nitrogens with two attached hydrogens (primary N) is 1. The Morgan fingerprint density at radius 1 is 1.00 bits per heavy atom. The Balaban J connectivity index is 1.70. The number of aromatic nitrogens is 4. The van der Waals surface area contributed by atoms with E-state index in [9.17, 15) is 26.3 Å². The van der Waals surface area contributed by atoms with E-state index in [1.807, 2.05) is 38.1 Å². The predicted molar refractivity (Wildman–Crippen MR) is 130 cm³/mol. The molecule has 0 aliphatic heterocycles. The summed E-state index contributed by atoms with van der Waals surface area (Å²) in [4.78, 5) is 13.7. The normalized spacial score (nSPS) is 13.6. The molecule has 37 heavy (non-hydrogen) atoms. The molecule has 7 nitrogen and oxygen atoms in total. The Kier molecular flexibility index (Phi) is 9.52. The second-order valence-electron chi connectivity index (χ2n) is 8.52. The van der Waals surface area contributed by atoms with Crippen molar-refractivity contribution in [3.05, 3.63) is 30.6 Å². The van der Waals surface area contributed by atoms with Crippen LogP contribution in [-0.2, 0) is 11.3 Å². The quantitative estimate of drug-likeness (QED) is 0.164. The van der Waals surface area contributed by atoms with Crippen LogP contribution in [0.5, 0.6) is 5.75 Å². The van der Waals surface area contributed by atoms with Gasteiger partial charge in [-0.05, 0) is 45.0 Å². The standard InChI is InChI=1S/C22H26F6N5O2PS/c1-13(2)35-15-4-6-16(7-5-15)37-19-17-18(31-20(29)32-19)33(11-30-17)8-14(3)34-12-36(9-21(23,24)25)10-22(26,27)28/h4-7,11,13-14H,8-10,12H2,1-3H3,(H2,29,31,32). The highest BCUT2D eigenvalue weighted by Crippen LogP contribution is 2.46. The summed E-state index contributed by atoms with van der Waals surface area (Å²) in [5.41, 5.74) is 6.72. The first-order chi connectivity index (χ1) is 17.2. The van der Waals surface area contributed by atoms with Crippen LogP contribution in [-0.4, -0.2) is 62.8 Å². The van der Waals surface area contributed by atoms with Crippen molar-refractivity contribution >= 4 is 36.8 Å². The van der Waals surface area contributed by atoms with Crippen molar-refractivity contribution in [2.75, 3.05) is 24.4 Å². The molecule has 1 aromatic carbocycles. The van der Waals surface area contributed by atoms with Crippen LogP contribution in [0.4, 0.5) is 32.3 Å². The number of ether oxygens (including phenoxy) is 2. The van der Waals surface area contributed by atoms with Crippen molar-refractivity contribution in [3.8, 4) is 5.75 Å². The fourth-order valence-corrected chi connectivity index (χ4v) is 5.97. The highest BCUT2D eigenvalue weighted by atomic mass is 32.2. The van der Waals surface area contributed by atoms with Crippen LogP contribution in [0.15, 0.2) is 40.5 Å². The first-order valence-corrected chi connectivity index (χ1v) is 13.8. The van der Waals surface area contributed by atoms with Crippen LogP contribution in [0, 0.1) is 0 Å². The van der Waals surface area contributed by atoms with E-state index in [-0.39, 0.29) is 18.6 Å². The molecule has 0 spiro atoms. The molecule has 15 heteroatoms. The fourth-order valence-electron chi connectivity index (χ4n) is 3.33. The highest BCUT2D eigenvalue weighted by molar-refractivity contribution is 7.99. The number of rotatable bonds is 11. The number of benzene rings is 1. The lowest BCUT2D eigenvalue weighted by atomic mass is 10.3. The molecule has 3 rings (SSSR count). The number of alkyl halides is 6. The number of fused-ring (bicyclic) bond motifs is 1. The molecule has 0 aliphatic carbocycles. The average Bonchev–Trinajstić information content (AvgIpc) is 3.13. The molecule has 0 bridgehead atoms. The smallest absolute Gasteiger partial charge is 0.392 e. The number of anilines is 1. The number of hydrogen-bond donors (Lipinski definition) is 1. The Morgan fingerprint density at radius 3 is 2.19 bits per heavy atom. The Morgan fingerprint density at radius 2 is 1.62 bits per heavy atom. The minimum atomic E-state index is -4.70. The molecule has 1 atom stereocenters. The third-order valence-corrected chi connectivity index (χ3v) is 7.77. The van der Waals surface area contributed by atoms with Crippen LogP contribution in [0.1, 0.15) is 20.8 Å². The number of nitrogen functional groups attached to an aromatic ring is 1. The molecule has 2 aromatic heterocycles. The van der Waals surface area contributed by atoms with Gasteiger partial charge in [0.15, 0.2) is 5.65 Å². The van der Waals surface area contributed by atoms with Gasteiger partial charge < -0.3 is 19.8 Å².